The molecule has 4 rings (SSSR count). The van der Waals surface area contributed by atoms with Crippen LogP contribution in [0.4, 0.5) is 0 Å². The standard InChI is InChI=1S/C21H22N4O/c22-20(26)21(16-7-3-1-4-8-16,17-9-5-2-6-10-17)18-11-12-19(13-18)25-14-23-24-15-25/h1-10,14-15,18-19H,11-13H2,(H2,22,26)/t18?,19-/m0/s1. The summed E-state index contributed by atoms with van der Waals surface area (Å²) >= 11 is 0. The minimum atomic E-state index is -0.828. The molecule has 1 aromatic heterocycles. The number of benzene rings is 2. The summed E-state index contributed by atoms with van der Waals surface area (Å²) in [6.07, 6.45) is 6.28. The summed E-state index contributed by atoms with van der Waals surface area (Å²) in [5, 5.41) is 7.85. The molecule has 1 aliphatic rings. The summed E-state index contributed by atoms with van der Waals surface area (Å²) in [4.78, 5) is 13.0. The SMILES string of the molecule is NC(=O)C(c1ccccc1)(c1ccccc1)C1CC[C@H](n2cnnc2)C1. The highest BCUT2D eigenvalue weighted by Crippen LogP contribution is 2.49. The third-order valence-corrected chi connectivity index (χ3v) is 5.72. The van der Waals surface area contributed by atoms with Crippen molar-refractivity contribution in [1.82, 2.24) is 14.8 Å². The van der Waals surface area contributed by atoms with Gasteiger partial charge in [0.25, 0.3) is 0 Å². The van der Waals surface area contributed by atoms with Crippen LogP contribution < -0.4 is 5.73 Å². The van der Waals surface area contributed by atoms with Gasteiger partial charge in [0.15, 0.2) is 0 Å². The number of aromatic nitrogens is 3. The van der Waals surface area contributed by atoms with Crippen LogP contribution in [0.1, 0.15) is 36.4 Å². The molecule has 3 aromatic rings. The number of carbonyl (C=O) groups is 1. The molecule has 2 atom stereocenters. The van der Waals surface area contributed by atoms with Crippen LogP contribution in [0.25, 0.3) is 0 Å². The molecule has 0 aliphatic heterocycles. The number of amides is 1. The van der Waals surface area contributed by atoms with Gasteiger partial charge in [-0.1, -0.05) is 60.7 Å². The van der Waals surface area contributed by atoms with Crippen LogP contribution >= 0.6 is 0 Å². The lowest BCUT2D eigenvalue weighted by atomic mass is 9.64. The second-order valence-corrected chi connectivity index (χ2v) is 6.98. The van der Waals surface area contributed by atoms with Gasteiger partial charge < -0.3 is 10.3 Å². The molecule has 1 saturated carbocycles. The van der Waals surface area contributed by atoms with Gasteiger partial charge in [-0.05, 0) is 36.3 Å². The number of hydrogen-bond acceptors (Lipinski definition) is 3. The highest BCUT2D eigenvalue weighted by molar-refractivity contribution is 5.91. The lowest BCUT2D eigenvalue weighted by Gasteiger charge is -2.37. The van der Waals surface area contributed by atoms with Crippen LogP contribution in [-0.2, 0) is 10.2 Å². The third-order valence-electron chi connectivity index (χ3n) is 5.72. The van der Waals surface area contributed by atoms with E-state index in [0.29, 0.717) is 6.04 Å². The average Bonchev–Trinajstić information content (AvgIpc) is 3.36. The summed E-state index contributed by atoms with van der Waals surface area (Å²) in [5.74, 6) is -0.165. The Morgan fingerprint density at radius 1 is 0.923 bits per heavy atom. The molecule has 2 aromatic carbocycles. The highest BCUT2D eigenvalue weighted by Gasteiger charge is 2.50. The van der Waals surface area contributed by atoms with E-state index in [1.165, 1.54) is 0 Å². The van der Waals surface area contributed by atoms with E-state index < -0.39 is 5.41 Å². The maximum atomic E-state index is 13.0. The highest BCUT2D eigenvalue weighted by atomic mass is 16.1. The van der Waals surface area contributed by atoms with Gasteiger partial charge >= 0.3 is 0 Å². The monoisotopic (exact) mass is 346 g/mol. The van der Waals surface area contributed by atoms with Crippen LogP contribution in [-0.4, -0.2) is 20.7 Å². The van der Waals surface area contributed by atoms with Crippen LogP contribution in [0.2, 0.25) is 0 Å². The summed E-state index contributed by atoms with van der Waals surface area (Å²) in [6.45, 7) is 0. The maximum Gasteiger partial charge on any atom is 0.232 e. The van der Waals surface area contributed by atoms with Gasteiger partial charge in [0.2, 0.25) is 5.91 Å². The number of nitrogens with two attached hydrogens (primary N) is 1. The zero-order valence-corrected chi connectivity index (χ0v) is 14.5. The first-order valence-corrected chi connectivity index (χ1v) is 8.98. The van der Waals surface area contributed by atoms with Crippen molar-refractivity contribution >= 4 is 5.91 Å². The van der Waals surface area contributed by atoms with Crippen LogP contribution in [0.5, 0.6) is 0 Å². The van der Waals surface area contributed by atoms with E-state index in [4.69, 9.17) is 5.73 Å². The van der Waals surface area contributed by atoms with E-state index in [-0.39, 0.29) is 11.8 Å². The van der Waals surface area contributed by atoms with Crippen LogP contribution in [0.15, 0.2) is 73.3 Å². The van der Waals surface area contributed by atoms with E-state index in [0.717, 1.165) is 30.4 Å². The summed E-state index contributed by atoms with van der Waals surface area (Å²) < 4.78 is 2.04. The minimum Gasteiger partial charge on any atom is -0.369 e. The van der Waals surface area contributed by atoms with Gasteiger partial charge in [-0.3, -0.25) is 4.79 Å². The van der Waals surface area contributed by atoms with E-state index in [9.17, 15) is 4.79 Å². The van der Waals surface area contributed by atoms with Crippen molar-refractivity contribution in [2.24, 2.45) is 11.7 Å². The summed E-state index contributed by atoms with van der Waals surface area (Å²) in [7, 11) is 0. The van der Waals surface area contributed by atoms with Crippen LogP contribution in [0, 0.1) is 5.92 Å². The molecule has 0 radical (unpaired) electrons. The molecule has 0 bridgehead atoms. The molecule has 1 amide bonds. The van der Waals surface area contributed by atoms with Gasteiger partial charge in [-0.25, -0.2) is 0 Å². The zero-order valence-electron chi connectivity index (χ0n) is 14.5. The van der Waals surface area contributed by atoms with Crippen molar-refractivity contribution in [3.63, 3.8) is 0 Å². The predicted molar refractivity (Wildman–Crippen MR) is 99.3 cm³/mol. The molecule has 5 heteroatoms. The van der Waals surface area contributed by atoms with Gasteiger partial charge in [0.1, 0.15) is 18.1 Å². The van der Waals surface area contributed by atoms with Crippen molar-refractivity contribution in [2.45, 2.75) is 30.7 Å². The first-order valence-electron chi connectivity index (χ1n) is 8.98. The summed E-state index contributed by atoms with van der Waals surface area (Å²) in [5.41, 5.74) is 7.21. The van der Waals surface area contributed by atoms with E-state index in [1.807, 2.05) is 65.2 Å². The molecule has 0 saturated heterocycles. The number of primary amides is 1. The molecule has 1 unspecified atom stereocenters. The third kappa shape index (κ3) is 2.60. The fourth-order valence-corrected chi connectivity index (χ4v) is 4.54. The Bertz CT molecular complexity index is 822. The first-order chi connectivity index (χ1) is 12.7. The molecule has 2 N–H and O–H groups in total. The normalized spacial score (nSPS) is 20.2. The van der Waals surface area contributed by atoms with E-state index in [2.05, 4.69) is 10.2 Å². The van der Waals surface area contributed by atoms with E-state index >= 15 is 0 Å². The Kier molecular flexibility index (Phi) is 4.29. The molecule has 26 heavy (non-hydrogen) atoms. The zero-order chi connectivity index (χ0) is 18.0. The van der Waals surface area contributed by atoms with Crippen molar-refractivity contribution in [3.8, 4) is 0 Å². The Hall–Kier alpha value is -2.95. The van der Waals surface area contributed by atoms with Crippen molar-refractivity contribution in [2.75, 3.05) is 0 Å². The number of nitrogens with zero attached hydrogens (tertiary/aromatic N) is 3. The van der Waals surface area contributed by atoms with Crippen LogP contribution in [0.3, 0.4) is 0 Å². The molecule has 1 aliphatic carbocycles. The lowest BCUT2D eigenvalue weighted by Crippen LogP contribution is -2.47. The fraction of sp³-hybridized carbons (Fsp3) is 0.286. The second kappa shape index (κ2) is 6.75. The fourth-order valence-electron chi connectivity index (χ4n) is 4.54. The van der Waals surface area contributed by atoms with Crippen molar-refractivity contribution < 1.29 is 4.79 Å². The molecule has 1 fully saturated rings. The Labute approximate surface area is 152 Å². The molecule has 1 heterocycles. The van der Waals surface area contributed by atoms with Gasteiger partial charge in [0, 0.05) is 6.04 Å². The molecule has 0 spiro atoms. The molecule has 5 nitrogen and oxygen atoms in total. The largest absolute Gasteiger partial charge is 0.369 e. The smallest absolute Gasteiger partial charge is 0.232 e. The maximum absolute atomic E-state index is 13.0. The quantitative estimate of drug-likeness (QED) is 0.771. The van der Waals surface area contributed by atoms with Gasteiger partial charge in [-0.2, -0.15) is 0 Å². The van der Waals surface area contributed by atoms with Crippen molar-refractivity contribution in [1.29, 1.82) is 0 Å². The first kappa shape index (κ1) is 16.5. The molecular formula is C21H22N4O. The number of rotatable bonds is 5. The van der Waals surface area contributed by atoms with Gasteiger partial charge in [0.05, 0.1) is 0 Å². The lowest BCUT2D eigenvalue weighted by molar-refractivity contribution is -0.123. The molecular weight excluding hydrogens is 324 g/mol. The Morgan fingerprint density at radius 3 is 1.96 bits per heavy atom. The molecule has 132 valence electrons. The Morgan fingerprint density at radius 2 is 1.46 bits per heavy atom. The number of carbonyl (C=O) groups excluding carboxylic acids is 1. The minimum absolute atomic E-state index is 0.122. The second-order valence-electron chi connectivity index (χ2n) is 6.98. The van der Waals surface area contributed by atoms with Crippen molar-refractivity contribution in [3.05, 3.63) is 84.4 Å². The Balaban J connectivity index is 1.82. The average molecular weight is 346 g/mol. The topological polar surface area (TPSA) is 73.8 Å². The number of hydrogen-bond donors (Lipinski definition) is 1. The van der Waals surface area contributed by atoms with Gasteiger partial charge in [-0.15, -0.1) is 10.2 Å². The predicted octanol–water partition coefficient (Wildman–Crippen LogP) is 3.09. The summed E-state index contributed by atoms with van der Waals surface area (Å²) in [6, 6.07) is 20.2. The van der Waals surface area contributed by atoms with E-state index in [1.54, 1.807) is 12.7 Å².